The number of nitrogens with one attached hydrogen (secondary N) is 2. The van der Waals surface area contributed by atoms with Gasteiger partial charge in [0.15, 0.2) is 0 Å². The van der Waals surface area contributed by atoms with Gasteiger partial charge in [-0.25, -0.2) is 8.99 Å². The number of carbonyl (C=O) groups is 1. The van der Waals surface area contributed by atoms with Crippen LogP contribution in [0.25, 0.3) is 11.1 Å². The van der Waals surface area contributed by atoms with E-state index < -0.39 is 27.4 Å². The van der Waals surface area contributed by atoms with Crippen LogP contribution in [-0.2, 0) is 15.9 Å². The van der Waals surface area contributed by atoms with Gasteiger partial charge in [-0.15, -0.1) is 0 Å². The zero-order valence-corrected chi connectivity index (χ0v) is 16.6. The molecule has 1 amide bonds. The predicted octanol–water partition coefficient (Wildman–Crippen LogP) is 5.24. The summed E-state index contributed by atoms with van der Waals surface area (Å²) < 4.78 is 57.5. The summed E-state index contributed by atoms with van der Waals surface area (Å²) in [6.07, 6.45) is -3.13. The molecular weight excluding hydrogens is 415 g/mol. The monoisotopic (exact) mass is 433 g/mol. The summed E-state index contributed by atoms with van der Waals surface area (Å²) >= 11 is 0. The maximum atomic E-state index is 12.7. The number of nitrogen functional groups attached to an aromatic ring is 1. The molecule has 0 aliphatic heterocycles. The zero-order valence-electron chi connectivity index (χ0n) is 15.8. The maximum Gasteiger partial charge on any atom is 0.416 e. The van der Waals surface area contributed by atoms with Crippen LogP contribution in [0.3, 0.4) is 0 Å². The summed E-state index contributed by atoms with van der Waals surface area (Å²) in [4.78, 5) is 12.8. The topological polar surface area (TPSA) is 96.0 Å². The third kappa shape index (κ3) is 4.80. The Morgan fingerprint density at radius 2 is 1.53 bits per heavy atom. The van der Waals surface area contributed by atoms with Crippen molar-refractivity contribution in [3.8, 4) is 11.1 Å². The molecule has 0 saturated heterocycles. The normalized spacial score (nSPS) is 13.5. The van der Waals surface area contributed by atoms with Gasteiger partial charge in [-0.1, -0.05) is 18.2 Å². The Hall–Kier alpha value is -3.33. The van der Waals surface area contributed by atoms with Gasteiger partial charge < -0.3 is 11.1 Å². The van der Waals surface area contributed by atoms with Gasteiger partial charge in [0.2, 0.25) is 0 Å². The van der Waals surface area contributed by atoms with Crippen LogP contribution in [0, 0.1) is 4.78 Å². The molecule has 0 aromatic heterocycles. The smallest absolute Gasteiger partial charge is 0.397 e. The van der Waals surface area contributed by atoms with Crippen LogP contribution in [-0.4, -0.2) is 16.4 Å². The number of hydrogen-bond donors (Lipinski definition) is 3. The average Bonchev–Trinajstić information content (AvgIpc) is 2.68. The summed E-state index contributed by atoms with van der Waals surface area (Å²) in [5, 5.41) is 2.67. The Morgan fingerprint density at radius 3 is 2.07 bits per heavy atom. The minimum absolute atomic E-state index is 0.279. The van der Waals surface area contributed by atoms with E-state index in [0.29, 0.717) is 27.4 Å². The first kappa shape index (κ1) is 21.4. The van der Waals surface area contributed by atoms with E-state index in [1.807, 2.05) is 0 Å². The molecule has 0 bridgehead atoms. The van der Waals surface area contributed by atoms with Crippen molar-refractivity contribution in [1.82, 2.24) is 0 Å². The molecule has 0 spiro atoms. The van der Waals surface area contributed by atoms with Gasteiger partial charge in [0.25, 0.3) is 5.91 Å². The van der Waals surface area contributed by atoms with Crippen molar-refractivity contribution in [2.75, 3.05) is 17.3 Å². The first-order chi connectivity index (χ1) is 13.9. The van der Waals surface area contributed by atoms with E-state index in [0.717, 1.165) is 12.1 Å². The van der Waals surface area contributed by atoms with Crippen molar-refractivity contribution in [2.45, 2.75) is 11.1 Å². The molecule has 5 nitrogen and oxygen atoms in total. The second-order valence-corrected chi connectivity index (χ2v) is 8.86. The number of alkyl halides is 3. The lowest BCUT2D eigenvalue weighted by Gasteiger charge is -2.12. The van der Waals surface area contributed by atoms with Gasteiger partial charge in [-0.2, -0.15) is 13.2 Å². The lowest BCUT2D eigenvalue weighted by molar-refractivity contribution is -0.137. The fourth-order valence-electron chi connectivity index (χ4n) is 2.76. The van der Waals surface area contributed by atoms with Gasteiger partial charge in [0.05, 0.1) is 26.7 Å². The Balaban J connectivity index is 1.84. The molecule has 1 atom stereocenters. The third-order valence-corrected chi connectivity index (χ3v) is 5.59. The van der Waals surface area contributed by atoms with E-state index >= 15 is 0 Å². The quantitative estimate of drug-likeness (QED) is 0.491. The summed E-state index contributed by atoms with van der Waals surface area (Å²) in [5.41, 5.74) is 7.18. The van der Waals surface area contributed by atoms with E-state index in [4.69, 9.17) is 10.5 Å². The molecule has 0 radical (unpaired) electrons. The molecule has 0 fully saturated rings. The van der Waals surface area contributed by atoms with Gasteiger partial charge in [-0.3, -0.25) is 4.79 Å². The minimum Gasteiger partial charge on any atom is -0.397 e. The van der Waals surface area contributed by atoms with E-state index in [2.05, 4.69) is 5.32 Å². The van der Waals surface area contributed by atoms with Crippen molar-refractivity contribution in [2.24, 2.45) is 0 Å². The Morgan fingerprint density at radius 1 is 0.967 bits per heavy atom. The molecule has 1 unspecified atom stereocenters. The number of anilines is 2. The summed E-state index contributed by atoms with van der Waals surface area (Å²) in [6.45, 7) is 0. The number of carbonyl (C=O) groups excluding carboxylic acids is 1. The lowest BCUT2D eigenvalue weighted by Crippen LogP contribution is -2.13. The van der Waals surface area contributed by atoms with Crippen LogP contribution in [0.15, 0.2) is 71.6 Å². The Kier molecular flexibility index (Phi) is 5.58. The molecule has 3 rings (SSSR count). The summed E-state index contributed by atoms with van der Waals surface area (Å²) in [7, 11) is -2.88. The molecule has 0 aliphatic carbocycles. The zero-order chi connectivity index (χ0) is 22.1. The van der Waals surface area contributed by atoms with Crippen LogP contribution in [0.4, 0.5) is 24.5 Å². The highest BCUT2D eigenvalue weighted by Crippen LogP contribution is 2.32. The van der Waals surface area contributed by atoms with Crippen LogP contribution in [0.1, 0.15) is 15.9 Å². The number of hydrogen-bond acceptors (Lipinski definition) is 4. The van der Waals surface area contributed by atoms with Gasteiger partial charge in [0, 0.05) is 16.7 Å². The second kappa shape index (κ2) is 7.83. The van der Waals surface area contributed by atoms with Crippen molar-refractivity contribution < 1.29 is 22.2 Å². The molecule has 156 valence electrons. The highest BCUT2D eigenvalue weighted by Gasteiger charge is 2.30. The first-order valence-corrected chi connectivity index (χ1v) is 10.6. The van der Waals surface area contributed by atoms with E-state index in [9.17, 15) is 22.2 Å². The SMILES string of the molecule is CS(=N)(=O)c1ccc(C(=O)Nc2cc(-c3ccc(C(F)(F)F)cc3)ccc2N)cc1. The van der Waals surface area contributed by atoms with Crippen molar-refractivity contribution in [3.05, 3.63) is 77.9 Å². The van der Waals surface area contributed by atoms with Crippen LogP contribution < -0.4 is 11.1 Å². The van der Waals surface area contributed by atoms with Gasteiger partial charge in [0.1, 0.15) is 0 Å². The van der Waals surface area contributed by atoms with Crippen molar-refractivity contribution in [3.63, 3.8) is 0 Å². The minimum atomic E-state index is -4.42. The molecule has 3 aromatic carbocycles. The number of amides is 1. The second-order valence-electron chi connectivity index (χ2n) is 6.70. The number of rotatable bonds is 4. The molecular formula is C21H18F3N3O2S. The fourth-order valence-corrected chi connectivity index (χ4v) is 3.41. The average molecular weight is 433 g/mol. The molecule has 30 heavy (non-hydrogen) atoms. The largest absolute Gasteiger partial charge is 0.416 e. The van der Waals surface area contributed by atoms with Gasteiger partial charge in [-0.05, 0) is 59.7 Å². The molecule has 0 heterocycles. The third-order valence-electron chi connectivity index (χ3n) is 4.41. The number of halogens is 3. The van der Waals surface area contributed by atoms with Gasteiger partial charge >= 0.3 is 6.18 Å². The lowest BCUT2D eigenvalue weighted by atomic mass is 10.0. The summed E-state index contributed by atoms with van der Waals surface area (Å²) in [5.74, 6) is -0.467. The van der Waals surface area contributed by atoms with Crippen molar-refractivity contribution >= 4 is 27.0 Å². The molecule has 0 saturated carbocycles. The van der Waals surface area contributed by atoms with Crippen LogP contribution >= 0.6 is 0 Å². The highest BCUT2D eigenvalue weighted by molar-refractivity contribution is 7.91. The summed E-state index contributed by atoms with van der Waals surface area (Å²) in [6, 6.07) is 15.3. The van der Waals surface area contributed by atoms with Crippen molar-refractivity contribution in [1.29, 1.82) is 4.78 Å². The van der Waals surface area contributed by atoms with E-state index in [1.54, 1.807) is 18.2 Å². The Labute approximate surface area is 171 Å². The van der Waals surface area contributed by atoms with Crippen LogP contribution in [0.5, 0.6) is 0 Å². The first-order valence-electron chi connectivity index (χ1n) is 8.67. The van der Waals surface area contributed by atoms with E-state index in [1.165, 1.54) is 42.7 Å². The predicted molar refractivity (Wildman–Crippen MR) is 111 cm³/mol. The number of nitrogens with two attached hydrogens (primary N) is 1. The fraction of sp³-hybridized carbons (Fsp3) is 0.0952. The molecule has 9 heteroatoms. The maximum absolute atomic E-state index is 12.7. The Bertz CT molecular complexity index is 1190. The highest BCUT2D eigenvalue weighted by atomic mass is 32.2. The molecule has 3 aromatic rings. The molecule has 0 aliphatic rings. The molecule has 4 N–H and O–H groups in total. The number of benzene rings is 3. The standard InChI is InChI=1S/C21H18F3N3O2S/c1-30(26,29)17-9-4-14(5-10-17)20(28)27-19-12-15(6-11-18(19)25)13-2-7-16(8-3-13)21(22,23)24/h2-12,26H,25H2,1H3,(H,27,28). The van der Waals surface area contributed by atoms with Crippen LogP contribution in [0.2, 0.25) is 0 Å². The van der Waals surface area contributed by atoms with E-state index in [-0.39, 0.29) is 5.56 Å².